The van der Waals surface area contributed by atoms with Crippen molar-refractivity contribution in [1.82, 2.24) is 0 Å². The Kier molecular flexibility index (Phi) is 15.9. The van der Waals surface area contributed by atoms with Crippen LogP contribution in [-0.2, 0) is 4.74 Å². The van der Waals surface area contributed by atoms with Gasteiger partial charge in [0.1, 0.15) is 0 Å². The topological polar surface area (TPSA) is 9.23 Å². The van der Waals surface area contributed by atoms with Gasteiger partial charge in [-0.1, -0.05) is 71.6 Å². The van der Waals surface area contributed by atoms with E-state index in [0.29, 0.717) is 0 Å². The Labute approximate surface area is 109 Å². The summed E-state index contributed by atoms with van der Waals surface area (Å²) >= 11 is 0. The van der Waals surface area contributed by atoms with E-state index in [0.717, 1.165) is 19.6 Å². The Morgan fingerprint density at radius 1 is 0.647 bits per heavy atom. The van der Waals surface area contributed by atoms with Gasteiger partial charge in [0.25, 0.3) is 0 Å². The minimum Gasteiger partial charge on any atom is -0.381 e. The molecular formula is C16H33O. The van der Waals surface area contributed by atoms with Crippen molar-refractivity contribution in [3.63, 3.8) is 0 Å². The van der Waals surface area contributed by atoms with Crippen molar-refractivity contribution in [1.29, 1.82) is 0 Å². The largest absolute Gasteiger partial charge is 0.381 e. The van der Waals surface area contributed by atoms with E-state index in [-0.39, 0.29) is 0 Å². The molecule has 1 heteroatoms. The van der Waals surface area contributed by atoms with Gasteiger partial charge < -0.3 is 4.74 Å². The van der Waals surface area contributed by atoms with Gasteiger partial charge in [0.05, 0.1) is 0 Å². The molecule has 0 saturated carbocycles. The first-order valence-electron chi connectivity index (χ1n) is 7.81. The van der Waals surface area contributed by atoms with Crippen molar-refractivity contribution in [2.75, 3.05) is 13.2 Å². The Bertz CT molecular complexity index is 109. The van der Waals surface area contributed by atoms with Crippen LogP contribution >= 0.6 is 0 Å². The summed E-state index contributed by atoms with van der Waals surface area (Å²) in [6.45, 7) is 6.39. The Morgan fingerprint density at radius 3 is 1.94 bits per heavy atom. The number of unbranched alkanes of at least 4 members (excludes halogenated alkanes) is 10. The summed E-state index contributed by atoms with van der Waals surface area (Å²) in [5.41, 5.74) is 0. The zero-order valence-corrected chi connectivity index (χ0v) is 12.2. The molecule has 0 heterocycles. The number of hydrogen-bond donors (Lipinski definition) is 0. The lowest BCUT2D eigenvalue weighted by atomic mass is 10.1. The summed E-state index contributed by atoms with van der Waals surface area (Å²) in [4.78, 5) is 0. The van der Waals surface area contributed by atoms with Crippen molar-refractivity contribution in [3.05, 3.63) is 6.42 Å². The van der Waals surface area contributed by atoms with Crippen LogP contribution in [0.3, 0.4) is 0 Å². The zero-order chi connectivity index (χ0) is 12.6. The van der Waals surface area contributed by atoms with E-state index in [1.807, 2.05) is 0 Å². The van der Waals surface area contributed by atoms with Crippen molar-refractivity contribution < 1.29 is 4.74 Å². The highest BCUT2D eigenvalue weighted by atomic mass is 16.5. The zero-order valence-electron chi connectivity index (χ0n) is 12.2. The van der Waals surface area contributed by atoms with Gasteiger partial charge in [-0.05, 0) is 19.3 Å². The van der Waals surface area contributed by atoms with Crippen molar-refractivity contribution in [2.24, 2.45) is 0 Å². The molecule has 0 atom stereocenters. The molecule has 0 rings (SSSR count). The Morgan fingerprint density at radius 2 is 1.29 bits per heavy atom. The first-order chi connectivity index (χ1) is 8.41. The lowest BCUT2D eigenvalue weighted by molar-refractivity contribution is 0.131. The molecule has 0 aromatic carbocycles. The lowest BCUT2D eigenvalue weighted by Crippen LogP contribution is -1.97. The molecule has 0 aliphatic heterocycles. The van der Waals surface area contributed by atoms with E-state index in [4.69, 9.17) is 4.74 Å². The molecular weight excluding hydrogens is 208 g/mol. The van der Waals surface area contributed by atoms with Crippen LogP contribution in [0.1, 0.15) is 84.5 Å². The molecule has 0 fully saturated rings. The van der Waals surface area contributed by atoms with Gasteiger partial charge in [0, 0.05) is 13.2 Å². The van der Waals surface area contributed by atoms with E-state index in [1.165, 1.54) is 64.2 Å². The van der Waals surface area contributed by atoms with Gasteiger partial charge in [-0.15, -0.1) is 0 Å². The maximum atomic E-state index is 5.59. The van der Waals surface area contributed by atoms with Crippen LogP contribution in [-0.4, -0.2) is 13.2 Å². The first-order valence-corrected chi connectivity index (χ1v) is 7.81. The van der Waals surface area contributed by atoms with Gasteiger partial charge in [0.2, 0.25) is 0 Å². The second-order valence-electron chi connectivity index (χ2n) is 4.95. The molecule has 0 saturated heterocycles. The fourth-order valence-corrected chi connectivity index (χ4v) is 1.96. The number of ether oxygens (including phenoxy) is 1. The van der Waals surface area contributed by atoms with Gasteiger partial charge >= 0.3 is 0 Å². The number of rotatable bonds is 14. The highest BCUT2D eigenvalue weighted by Crippen LogP contribution is 2.08. The molecule has 1 nitrogen and oxygen atoms in total. The molecule has 0 unspecified atom stereocenters. The minimum absolute atomic E-state index is 0.927. The lowest BCUT2D eigenvalue weighted by Gasteiger charge is -2.04. The predicted octanol–water partition coefficient (Wildman–Crippen LogP) is 5.54. The van der Waals surface area contributed by atoms with Crippen molar-refractivity contribution in [3.8, 4) is 0 Å². The molecule has 1 radical (unpaired) electrons. The summed E-state index contributed by atoms with van der Waals surface area (Å²) in [5, 5.41) is 0. The summed E-state index contributed by atoms with van der Waals surface area (Å²) in [6, 6.07) is 0. The van der Waals surface area contributed by atoms with Crippen LogP contribution in [0.15, 0.2) is 0 Å². The maximum absolute atomic E-state index is 5.59. The van der Waals surface area contributed by atoms with Crippen molar-refractivity contribution in [2.45, 2.75) is 84.5 Å². The van der Waals surface area contributed by atoms with Crippen LogP contribution in [0.25, 0.3) is 0 Å². The summed E-state index contributed by atoms with van der Waals surface area (Å²) in [5.74, 6) is 0. The molecule has 17 heavy (non-hydrogen) atoms. The number of hydrogen-bond acceptors (Lipinski definition) is 1. The smallest absolute Gasteiger partial charge is 0.0468 e. The fraction of sp³-hybridized carbons (Fsp3) is 0.938. The normalized spacial score (nSPS) is 10.9. The van der Waals surface area contributed by atoms with E-state index in [1.54, 1.807) is 0 Å². The maximum Gasteiger partial charge on any atom is 0.0468 e. The van der Waals surface area contributed by atoms with Crippen LogP contribution in [0.5, 0.6) is 0 Å². The van der Waals surface area contributed by atoms with E-state index >= 15 is 0 Å². The standard InChI is InChI=1S/C16H33O/c1-3-5-7-9-10-11-12-14-16-17-15-13-8-6-4-2/h8H,3-7,9-16H2,1-2H3. The van der Waals surface area contributed by atoms with Crippen LogP contribution in [0.2, 0.25) is 0 Å². The van der Waals surface area contributed by atoms with Gasteiger partial charge in [-0.2, -0.15) is 0 Å². The third-order valence-corrected chi connectivity index (χ3v) is 3.10. The van der Waals surface area contributed by atoms with Crippen molar-refractivity contribution >= 4 is 0 Å². The second-order valence-corrected chi connectivity index (χ2v) is 4.95. The van der Waals surface area contributed by atoms with E-state index < -0.39 is 0 Å². The van der Waals surface area contributed by atoms with Crippen LogP contribution in [0.4, 0.5) is 0 Å². The fourth-order valence-electron chi connectivity index (χ4n) is 1.96. The molecule has 0 amide bonds. The Hall–Kier alpha value is -0.0400. The molecule has 0 aromatic heterocycles. The summed E-state index contributed by atoms with van der Waals surface area (Å²) in [7, 11) is 0. The molecule has 0 aromatic rings. The third-order valence-electron chi connectivity index (χ3n) is 3.10. The van der Waals surface area contributed by atoms with E-state index in [2.05, 4.69) is 20.3 Å². The minimum atomic E-state index is 0.927. The molecule has 0 spiro atoms. The first kappa shape index (κ1) is 17.0. The molecule has 0 aliphatic carbocycles. The molecule has 0 N–H and O–H groups in total. The third kappa shape index (κ3) is 16.0. The summed E-state index contributed by atoms with van der Waals surface area (Å²) < 4.78 is 5.59. The van der Waals surface area contributed by atoms with Crippen LogP contribution < -0.4 is 0 Å². The predicted molar refractivity (Wildman–Crippen MR) is 77.3 cm³/mol. The SMILES string of the molecule is CCC[CH]CCOCCCCCCCCCC. The van der Waals surface area contributed by atoms with E-state index in [9.17, 15) is 0 Å². The Balaban J connectivity index is 2.85. The molecule has 0 bridgehead atoms. The summed E-state index contributed by atoms with van der Waals surface area (Å²) in [6.07, 6.45) is 17.0. The van der Waals surface area contributed by atoms with Gasteiger partial charge in [0.15, 0.2) is 0 Å². The molecule has 0 aliphatic rings. The quantitative estimate of drug-likeness (QED) is 0.363. The van der Waals surface area contributed by atoms with Gasteiger partial charge in [-0.3, -0.25) is 0 Å². The highest BCUT2D eigenvalue weighted by Gasteiger charge is 1.93. The highest BCUT2D eigenvalue weighted by molar-refractivity contribution is 4.62. The second kappa shape index (κ2) is 16.0. The monoisotopic (exact) mass is 241 g/mol. The van der Waals surface area contributed by atoms with Crippen LogP contribution in [0, 0.1) is 6.42 Å². The molecule has 103 valence electrons. The average Bonchev–Trinajstić information content (AvgIpc) is 2.35. The average molecular weight is 241 g/mol. The van der Waals surface area contributed by atoms with Gasteiger partial charge in [-0.25, -0.2) is 0 Å².